The van der Waals surface area contributed by atoms with Crippen molar-refractivity contribution in [2.75, 3.05) is 36.9 Å². The number of rotatable bonds is 12. The summed E-state index contributed by atoms with van der Waals surface area (Å²) >= 11 is 0. The maximum atomic E-state index is 12.6. The minimum Gasteiger partial charge on any atom is -0.489 e. The van der Waals surface area contributed by atoms with Crippen LogP contribution in [0, 0.1) is 5.41 Å². The third-order valence-corrected chi connectivity index (χ3v) is 12.2. The first-order valence-electron chi connectivity index (χ1n) is 15.2. The normalized spacial score (nSPS) is 23.2. The smallest absolute Gasteiger partial charge is 0.168 e. The summed E-state index contributed by atoms with van der Waals surface area (Å²) in [4.78, 5) is 3.37. The van der Waals surface area contributed by atoms with Crippen LogP contribution in [0.5, 0.6) is 5.75 Å². The first-order valence-corrected chi connectivity index (χ1v) is 17.5. The largest absolute Gasteiger partial charge is 0.489 e. The highest BCUT2D eigenvalue weighted by atomic mass is 32.3. The summed E-state index contributed by atoms with van der Waals surface area (Å²) in [5.41, 5.74) is 4.26. The number of fused-ring (bicyclic) bond motifs is 1. The Labute approximate surface area is 249 Å². The molecular formula is C35H51N2O3S+. The number of nitrogens with zero attached hydrogens (tertiary/aromatic N) is 2. The van der Waals surface area contributed by atoms with Crippen LogP contribution < -0.4 is 14.2 Å². The Hall–Kier alpha value is -2.54. The van der Waals surface area contributed by atoms with Crippen LogP contribution in [0.1, 0.15) is 75.0 Å². The summed E-state index contributed by atoms with van der Waals surface area (Å²) in [6, 6.07) is 19.2. The zero-order valence-electron chi connectivity index (χ0n) is 26.0. The molecule has 3 atom stereocenters. The summed E-state index contributed by atoms with van der Waals surface area (Å²) in [6.45, 7) is 4.98. The molecule has 2 N–H and O–H groups in total. The van der Waals surface area contributed by atoms with Crippen molar-refractivity contribution in [3.05, 3.63) is 83.7 Å². The van der Waals surface area contributed by atoms with Gasteiger partial charge in [-0.15, -0.1) is 0 Å². The van der Waals surface area contributed by atoms with Crippen molar-refractivity contribution in [3.8, 4) is 5.75 Å². The van der Waals surface area contributed by atoms with Gasteiger partial charge in [0.05, 0.1) is 12.0 Å². The first kappa shape index (κ1) is 31.4. The van der Waals surface area contributed by atoms with Crippen LogP contribution in [0.2, 0.25) is 0 Å². The van der Waals surface area contributed by atoms with Gasteiger partial charge in [0, 0.05) is 48.8 Å². The molecule has 0 aliphatic carbocycles. The minimum absolute atomic E-state index is 0.144. The SMILES string of the molecule is CCCCC1(CCCC)CS(C)(CO)c2ccc(N(C)C)cc2[C@@H](c2ccc(OCc3cc[n+](C)cc3)cc2)[C@H]1O. The molecule has 2 aromatic carbocycles. The molecule has 1 aromatic heterocycles. The van der Waals surface area contributed by atoms with E-state index in [0.29, 0.717) is 6.61 Å². The number of unbranched alkanes of at least 4 members (excludes halogenated alkanes) is 2. The highest BCUT2D eigenvalue weighted by molar-refractivity contribution is 8.33. The van der Waals surface area contributed by atoms with Crippen LogP contribution in [0.3, 0.4) is 0 Å². The van der Waals surface area contributed by atoms with E-state index in [-0.39, 0.29) is 17.3 Å². The zero-order chi connectivity index (χ0) is 29.6. The minimum atomic E-state index is -1.56. The summed E-state index contributed by atoms with van der Waals surface area (Å²) in [5.74, 6) is 1.65. The third-order valence-electron chi connectivity index (χ3n) is 8.96. The van der Waals surface area contributed by atoms with Crippen LogP contribution >= 0.6 is 10.0 Å². The first-order chi connectivity index (χ1) is 19.7. The van der Waals surface area contributed by atoms with Crippen LogP contribution in [0.15, 0.2) is 71.9 Å². The van der Waals surface area contributed by atoms with E-state index in [0.717, 1.165) is 72.4 Å². The molecule has 1 aliphatic heterocycles. The lowest BCUT2D eigenvalue weighted by atomic mass is 9.68. The van der Waals surface area contributed by atoms with Gasteiger partial charge < -0.3 is 19.8 Å². The van der Waals surface area contributed by atoms with E-state index in [1.807, 2.05) is 36.1 Å². The molecule has 2 heterocycles. The molecule has 6 heteroatoms. The number of hydrogen-bond acceptors (Lipinski definition) is 4. The zero-order valence-corrected chi connectivity index (χ0v) is 26.8. The molecule has 0 bridgehead atoms. The summed E-state index contributed by atoms with van der Waals surface area (Å²) in [5, 5.41) is 23.6. The molecule has 0 saturated carbocycles. The molecular weight excluding hydrogens is 528 g/mol. The molecule has 0 saturated heterocycles. The van der Waals surface area contributed by atoms with Crippen molar-refractivity contribution in [2.45, 2.75) is 75.9 Å². The average Bonchev–Trinajstić information content (AvgIpc) is 3.06. The average molecular weight is 580 g/mol. The van der Waals surface area contributed by atoms with Gasteiger partial charge in [-0.3, -0.25) is 0 Å². The van der Waals surface area contributed by atoms with Gasteiger partial charge in [0.2, 0.25) is 0 Å². The molecule has 3 aromatic rings. The quantitative estimate of drug-likeness (QED) is 0.233. The predicted molar refractivity (Wildman–Crippen MR) is 172 cm³/mol. The Morgan fingerprint density at radius 3 is 2.17 bits per heavy atom. The van der Waals surface area contributed by atoms with Crippen LogP contribution in [-0.4, -0.2) is 48.4 Å². The monoisotopic (exact) mass is 579 g/mol. The third kappa shape index (κ3) is 6.93. The second-order valence-corrected chi connectivity index (χ2v) is 15.9. The number of ether oxygens (including phenoxy) is 1. The molecule has 224 valence electrons. The molecule has 0 radical (unpaired) electrons. The molecule has 0 fully saturated rings. The molecule has 0 spiro atoms. The van der Waals surface area contributed by atoms with Crippen molar-refractivity contribution < 1.29 is 19.5 Å². The second kappa shape index (κ2) is 13.6. The van der Waals surface area contributed by atoms with Gasteiger partial charge in [-0.1, -0.05) is 51.7 Å². The number of aryl methyl sites for hydroxylation is 1. The number of aliphatic hydroxyl groups is 2. The van der Waals surface area contributed by atoms with Crippen LogP contribution in [0.25, 0.3) is 0 Å². The molecule has 4 rings (SSSR count). The fourth-order valence-corrected chi connectivity index (χ4v) is 9.76. The van der Waals surface area contributed by atoms with Crippen LogP contribution in [0.4, 0.5) is 5.69 Å². The summed E-state index contributed by atoms with van der Waals surface area (Å²) in [6.07, 6.45) is 12.1. The number of pyridine rings is 1. The van der Waals surface area contributed by atoms with E-state index < -0.39 is 16.1 Å². The highest BCUT2D eigenvalue weighted by Crippen LogP contribution is 2.64. The van der Waals surface area contributed by atoms with E-state index in [1.54, 1.807) is 0 Å². The van der Waals surface area contributed by atoms with E-state index >= 15 is 0 Å². The van der Waals surface area contributed by atoms with Gasteiger partial charge in [0.15, 0.2) is 12.4 Å². The molecule has 1 unspecified atom stereocenters. The number of aliphatic hydroxyl groups excluding tert-OH is 2. The Kier molecular flexibility index (Phi) is 10.4. The number of benzene rings is 2. The van der Waals surface area contributed by atoms with Crippen molar-refractivity contribution in [3.63, 3.8) is 0 Å². The molecule has 41 heavy (non-hydrogen) atoms. The topological polar surface area (TPSA) is 56.8 Å². The number of aromatic nitrogens is 1. The lowest BCUT2D eigenvalue weighted by Crippen LogP contribution is -2.42. The molecule has 1 aliphatic rings. The maximum absolute atomic E-state index is 12.6. The van der Waals surface area contributed by atoms with E-state index in [2.05, 4.69) is 81.6 Å². The fourth-order valence-electron chi connectivity index (χ4n) is 6.49. The summed E-state index contributed by atoms with van der Waals surface area (Å²) < 4.78 is 8.15. The van der Waals surface area contributed by atoms with Gasteiger partial charge in [-0.05, 0) is 71.2 Å². The fraction of sp³-hybridized carbons (Fsp3) is 0.514. The molecule has 0 amide bonds. The predicted octanol–water partition coefficient (Wildman–Crippen LogP) is 6.77. The highest BCUT2D eigenvalue weighted by Gasteiger charge is 2.49. The van der Waals surface area contributed by atoms with Crippen molar-refractivity contribution in [1.82, 2.24) is 0 Å². The lowest BCUT2D eigenvalue weighted by molar-refractivity contribution is -0.671. The van der Waals surface area contributed by atoms with Gasteiger partial charge in [-0.25, -0.2) is 4.57 Å². The number of anilines is 1. The van der Waals surface area contributed by atoms with Gasteiger partial charge in [-0.2, -0.15) is 10.0 Å². The van der Waals surface area contributed by atoms with Gasteiger partial charge in [0.25, 0.3) is 0 Å². The Balaban J connectivity index is 1.79. The standard InChI is InChI=1S/C35H51N2O3S/c1-7-9-19-35(20-10-8-2)25-41(6,26-38)32-16-13-29(36(3)4)23-31(32)33(34(35)39)28-11-14-30(15-12-28)40-24-27-17-21-37(5)22-18-27/h11-18,21-23,33-34,38-39H,7-10,19-20,24-26H2,1-6H3/q+1/t33-,34-/m1/s1. The summed E-state index contributed by atoms with van der Waals surface area (Å²) in [7, 11) is 4.58. The van der Waals surface area contributed by atoms with E-state index in [4.69, 9.17) is 4.74 Å². The van der Waals surface area contributed by atoms with Crippen molar-refractivity contribution in [1.29, 1.82) is 0 Å². The lowest BCUT2D eigenvalue weighted by Gasteiger charge is -2.46. The second-order valence-electron chi connectivity index (χ2n) is 12.4. The van der Waals surface area contributed by atoms with E-state index in [9.17, 15) is 10.2 Å². The number of hydrogen-bond donors (Lipinski definition) is 2. The van der Waals surface area contributed by atoms with E-state index in [1.165, 1.54) is 4.90 Å². The van der Waals surface area contributed by atoms with Gasteiger partial charge in [0.1, 0.15) is 19.4 Å². The van der Waals surface area contributed by atoms with Crippen molar-refractivity contribution in [2.24, 2.45) is 12.5 Å². The Morgan fingerprint density at radius 2 is 1.61 bits per heavy atom. The maximum Gasteiger partial charge on any atom is 0.168 e. The Bertz CT molecular complexity index is 1250. The van der Waals surface area contributed by atoms with Gasteiger partial charge >= 0.3 is 0 Å². The van der Waals surface area contributed by atoms with Crippen molar-refractivity contribution >= 4 is 15.7 Å². The Morgan fingerprint density at radius 1 is 0.976 bits per heavy atom. The molecule has 5 nitrogen and oxygen atoms in total. The van der Waals surface area contributed by atoms with Crippen LogP contribution in [-0.2, 0) is 13.7 Å².